The fourth-order valence-corrected chi connectivity index (χ4v) is 3.23. The third kappa shape index (κ3) is 4.02. The second kappa shape index (κ2) is 7.34. The van der Waals surface area contributed by atoms with Crippen molar-refractivity contribution < 1.29 is 4.39 Å². The number of benzene rings is 1. The summed E-state index contributed by atoms with van der Waals surface area (Å²) in [7, 11) is 0. The Labute approximate surface area is 134 Å². The van der Waals surface area contributed by atoms with Crippen LogP contribution < -0.4 is 0 Å². The van der Waals surface area contributed by atoms with Crippen LogP contribution in [0.5, 0.6) is 0 Å². The van der Waals surface area contributed by atoms with Crippen molar-refractivity contribution in [3.05, 3.63) is 40.7 Å². The Morgan fingerprint density at radius 2 is 2.14 bits per heavy atom. The number of hydrogen-bond donors (Lipinski definition) is 0. The van der Waals surface area contributed by atoms with Gasteiger partial charge in [0, 0.05) is 29.1 Å². The van der Waals surface area contributed by atoms with Crippen LogP contribution >= 0.6 is 22.9 Å². The number of aromatic nitrogens is 1. The van der Waals surface area contributed by atoms with E-state index in [9.17, 15) is 4.39 Å². The summed E-state index contributed by atoms with van der Waals surface area (Å²) in [5, 5.41) is 2.72. The number of thiazole rings is 1. The minimum absolute atomic E-state index is 0.172. The number of nitrogens with zero attached hydrogens (tertiary/aromatic N) is 2. The largest absolute Gasteiger partial charge is 0.297 e. The van der Waals surface area contributed by atoms with E-state index in [2.05, 4.69) is 30.7 Å². The first kappa shape index (κ1) is 16.4. The van der Waals surface area contributed by atoms with Gasteiger partial charge in [-0.25, -0.2) is 9.37 Å². The van der Waals surface area contributed by atoms with Gasteiger partial charge in [0.25, 0.3) is 0 Å². The van der Waals surface area contributed by atoms with E-state index in [-0.39, 0.29) is 5.82 Å². The Morgan fingerprint density at radius 3 is 2.67 bits per heavy atom. The van der Waals surface area contributed by atoms with Gasteiger partial charge in [-0.15, -0.1) is 22.9 Å². The molecule has 0 saturated carbocycles. The van der Waals surface area contributed by atoms with Crippen molar-refractivity contribution >= 4 is 22.9 Å². The number of rotatable bonds is 6. The average Bonchev–Trinajstić information content (AvgIpc) is 2.94. The molecule has 0 aliphatic carbocycles. The van der Waals surface area contributed by atoms with E-state index in [1.807, 2.05) is 17.5 Å². The van der Waals surface area contributed by atoms with Crippen molar-refractivity contribution in [2.45, 2.75) is 39.2 Å². The van der Waals surface area contributed by atoms with E-state index in [1.54, 1.807) is 6.07 Å². The zero-order chi connectivity index (χ0) is 15.4. The highest BCUT2D eigenvalue weighted by Crippen LogP contribution is 2.26. The van der Waals surface area contributed by atoms with Crippen molar-refractivity contribution in [3.63, 3.8) is 0 Å². The summed E-state index contributed by atoms with van der Waals surface area (Å²) >= 11 is 7.24. The Kier molecular flexibility index (Phi) is 5.73. The maximum absolute atomic E-state index is 14.3. The highest BCUT2D eigenvalue weighted by atomic mass is 35.5. The second-order valence-electron chi connectivity index (χ2n) is 5.24. The summed E-state index contributed by atoms with van der Waals surface area (Å²) in [4.78, 5) is 6.61. The van der Waals surface area contributed by atoms with Gasteiger partial charge in [0.05, 0.1) is 11.6 Å². The fourth-order valence-electron chi connectivity index (χ4n) is 2.19. The van der Waals surface area contributed by atoms with Gasteiger partial charge in [-0.05, 0) is 26.5 Å². The first-order valence-electron chi connectivity index (χ1n) is 7.08. The number of alkyl halides is 1. The van der Waals surface area contributed by atoms with Crippen molar-refractivity contribution in [1.29, 1.82) is 0 Å². The minimum Gasteiger partial charge on any atom is -0.297 e. The Balaban J connectivity index is 2.20. The van der Waals surface area contributed by atoms with Crippen molar-refractivity contribution in [2.75, 3.05) is 6.54 Å². The molecular formula is C16H20ClFN2S. The molecule has 0 aliphatic heterocycles. The van der Waals surface area contributed by atoms with E-state index >= 15 is 0 Å². The molecule has 114 valence electrons. The maximum Gasteiger partial charge on any atom is 0.128 e. The van der Waals surface area contributed by atoms with E-state index in [4.69, 9.17) is 11.6 Å². The van der Waals surface area contributed by atoms with Crippen LogP contribution in [0, 0.1) is 5.82 Å². The molecule has 0 unspecified atom stereocenters. The highest BCUT2D eigenvalue weighted by Gasteiger charge is 2.13. The van der Waals surface area contributed by atoms with Crippen LogP contribution in [0.4, 0.5) is 4.39 Å². The summed E-state index contributed by atoms with van der Waals surface area (Å²) in [5.41, 5.74) is 2.37. The van der Waals surface area contributed by atoms with Crippen LogP contribution in [0.1, 0.15) is 32.0 Å². The lowest BCUT2D eigenvalue weighted by atomic mass is 10.1. The van der Waals surface area contributed by atoms with E-state index in [1.165, 1.54) is 11.3 Å². The van der Waals surface area contributed by atoms with E-state index < -0.39 is 0 Å². The monoisotopic (exact) mass is 326 g/mol. The lowest BCUT2D eigenvalue weighted by molar-refractivity contribution is 0.222. The van der Waals surface area contributed by atoms with Gasteiger partial charge in [-0.1, -0.05) is 19.1 Å². The Bertz CT molecular complexity index is 598. The lowest BCUT2D eigenvalue weighted by Gasteiger charge is -2.25. The number of halogens is 2. The second-order valence-corrected chi connectivity index (χ2v) is 6.37. The van der Waals surface area contributed by atoms with Gasteiger partial charge < -0.3 is 0 Å². The summed E-state index contributed by atoms with van der Waals surface area (Å²) in [6.45, 7) is 7.88. The van der Waals surface area contributed by atoms with Crippen molar-refractivity contribution in [3.8, 4) is 10.6 Å². The fraction of sp³-hybridized carbons (Fsp3) is 0.438. The van der Waals surface area contributed by atoms with Crippen LogP contribution in [0.3, 0.4) is 0 Å². The van der Waals surface area contributed by atoms with E-state index in [0.717, 1.165) is 28.4 Å². The minimum atomic E-state index is -0.172. The molecule has 0 radical (unpaired) electrons. The molecule has 0 aliphatic rings. The molecule has 2 rings (SSSR count). The van der Waals surface area contributed by atoms with Gasteiger partial charge in [-0.3, -0.25) is 4.90 Å². The molecule has 21 heavy (non-hydrogen) atoms. The molecule has 2 aromatic rings. The highest BCUT2D eigenvalue weighted by molar-refractivity contribution is 7.13. The first-order chi connectivity index (χ1) is 10.0. The molecule has 0 saturated heterocycles. The Hall–Kier alpha value is -0.970. The molecule has 0 bridgehead atoms. The van der Waals surface area contributed by atoms with Gasteiger partial charge in [0.1, 0.15) is 10.8 Å². The van der Waals surface area contributed by atoms with Gasteiger partial charge in [-0.2, -0.15) is 0 Å². The molecule has 5 heteroatoms. The summed E-state index contributed by atoms with van der Waals surface area (Å²) in [6.07, 6.45) is 0. The summed E-state index contributed by atoms with van der Waals surface area (Å²) in [5.74, 6) is 0.214. The molecule has 0 amide bonds. The quantitative estimate of drug-likeness (QED) is 0.700. The average molecular weight is 327 g/mol. The smallest absolute Gasteiger partial charge is 0.128 e. The van der Waals surface area contributed by atoms with Crippen LogP contribution in [-0.2, 0) is 12.4 Å². The van der Waals surface area contributed by atoms with Crippen LogP contribution in [0.15, 0.2) is 23.6 Å². The molecule has 1 aromatic carbocycles. The molecule has 0 spiro atoms. The van der Waals surface area contributed by atoms with Gasteiger partial charge in [0.15, 0.2) is 0 Å². The summed E-state index contributed by atoms with van der Waals surface area (Å²) < 4.78 is 14.3. The number of hydrogen-bond acceptors (Lipinski definition) is 3. The lowest BCUT2D eigenvalue weighted by Crippen LogP contribution is -2.30. The normalized spacial score (nSPS) is 11.6. The van der Waals surface area contributed by atoms with Crippen LogP contribution in [-0.4, -0.2) is 22.5 Å². The zero-order valence-electron chi connectivity index (χ0n) is 12.6. The van der Waals surface area contributed by atoms with Crippen molar-refractivity contribution in [2.24, 2.45) is 0 Å². The molecule has 0 fully saturated rings. The van der Waals surface area contributed by atoms with Gasteiger partial charge in [0.2, 0.25) is 0 Å². The molecule has 0 atom stereocenters. The van der Waals surface area contributed by atoms with E-state index in [0.29, 0.717) is 18.5 Å². The first-order valence-corrected chi connectivity index (χ1v) is 8.49. The standard InChI is InChI=1S/C16H20ClFN2S/c1-4-20(11(2)3)9-13-6-5-12(7-15(13)18)16-19-14(8-17)10-21-16/h5-7,10-11H,4,8-9H2,1-3H3. The molecular weight excluding hydrogens is 307 g/mol. The topological polar surface area (TPSA) is 16.1 Å². The van der Waals surface area contributed by atoms with Crippen molar-refractivity contribution in [1.82, 2.24) is 9.88 Å². The molecule has 1 heterocycles. The van der Waals surface area contributed by atoms with Crippen LogP contribution in [0.25, 0.3) is 10.6 Å². The maximum atomic E-state index is 14.3. The Morgan fingerprint density at radius 1 is 1.38 bits per heavy atom. The zero-order valence-corrected chi connectivity index (χ0v) is 14.1. The predicted molar refractivity (Wildman–Crippen MR) is 88.3 cm³/mol. The SMILES string of the molecule is CCN(Cc1ccc(-c2nc(CCl)cs2)cc1F)C(C)C. The van der Waals surface area contributed by atoms with Crippen LogP contribution in [0.2, 0.25) is 0 Å². The summed E-state index contributed by atoms with van der Waals surface area (Å²) in [6, 6.07) is 5.76. The molecule has 2 nitrogen and oxygen atoms in total. The third-order valence-corrected chi connectivity index (χ3v) is 4.71. The van der Waals surface area contributed by atoms with Gasteiger partial charge >= 0.3 is 0 Å². The molecule has 0 N–H and O–H groups in total. The third-order valence-electron chi connectivity index (χ3n) is 3.50. The predicted octanol–water partition coefficient (Wildman–Crippen LogP) is 4.92. The molecule has 1 aromatic heterocycles.